The van der Waals surface area contributed by atoms with Crippen LogP contribution in [0, 0.1) is 0 Å². The molecule has 1 aromatic rings. The van der Waals surface area contributed by atoms with Crippen LogP contribution in [0.25, 0.3) is 0 Å². The Morgan fingerprint density at radius 2 is 1.44 bits per heavy atom. The second-order valence-electron chi connectivity index (χ2n) is 13.1. The Morgan fingerprint density at radius 3 is 1.98 bits per heavy atom. The number of nitrogens with zero attached hydrogens (tertiary/aromatic N) is 3. The first kappa shape index (κ1) is 36.1. The van der Waals surface area contributed by atoms with Crippen LogP contribution in [0.2, 0.25) is 0 Å². The second kappa shape index (κ2) is 17.9. The standard InChI is InChI=1S/C33H55N5O5/c1-8-28(39)38(27-19-24-37(25-20-27)23-18-26-16-12-11-13-17-26)22-15-10-9-14-21-34-29(35-30(40)42-32(2,3)4)36-31(41)43-33(5,6)7/h11-13,16-17,27H,8-10,14-15,18-25H2,1-7H3,(H2,34,35,36,40,41). The fourth-order valence-electron chi connectivity index (χ4n) is 4.95. The highest BCUT2D eigenvalue weighted by Crippen LogP contribution is 2.19. The molecular formula is C33H55N5O5. The van der Waals surface area contributed by atoms with E-state index < -0.39 is 23.4 Å². The fraction of sp³-hybridized carbons (Fsp3) is 0.697. The molecule has 0 saturated carbocycles. The van der Waals surface area contributed by atoms with Crippen molar-refractivity contribution in [1.29, 1.82) is 0 Å². The van der Waals surface area contributed by atoms with Crippen molar-refractivity contribution in [2.45, 2.75) is 117 Å². The molecule has 0 bridgehead atoms. The molecule has 1 aromatic carbocycles. The number of guanidine groups is 1. The summed E-state index contributed by atoms with van der Waals surface area (Å²) >= 11 is 0. The average Bonchev–Trinajstić information content (AvgIpc) is 2.92. The molecule has 1 saturated heterocycles. The van der Waals surface area contributed by atoms with Gasteiger partial charge in [0.05, 0.1) is 0 Å². The summed E-state index contributed by atoms with van der Waals surface area (Å²) in [6.45, 7) is 16.8. The molecule has 2 rings (SSSR count). The first-order valence-electron chi connectivity index (χ1n) is 15.9. The largest absolute Gasteiger partial charge is 0.444 e. The molecule has 3 amide bonds. The number of benzene rings is 1. The molecule has 0 aliphatic carbocycles. The smallest absolute Gasteiger partial charge is 0.414 e. The van der Waals surface area contributed by atoms with Gasteiger partial charge in [-0.25, -0.2) is 9.59 Å². The van der Waals surface area contributed by atoms with Crippen LogP contribution in [0.1, 0.15) is 99.0 Å². The van der Waals surface area contributed by atoms with Crippen LogP contribution in [-0.4, -0.2) is 83.8 Å². The number of nitrogens with one attached hydrogen (secondary N) is 2. The highest BCUT2D eigenvalue weighted by atomic mass is 16.6. The molecule has 10 nitrogen and oxygen atoms in total. The van der Waals surface area contributed by atoms with Crippen LogP contribution in [0.15, 0.2) is 35.3 Å². The number of rotatable bonds is 12. The van der Waals surface area contributed by atoms with E-state index in [1.807, 2.05) is 6.92 Å². The second-order valence-corrected chi connectivity index (χ2v) is 13.1. The number of hydrogen-bond donors (Lipinski definition) is 2. The number of hydrogen-bond acceptors (Lipinski definition) is 7. The number of likely N-dealkylation sites (tertiary alicyclic amines) is 1. The van der Waals surface area contributed by atoms with Crippen LogP contribution >= 0.6 is 0 Å². The van der Waals surface area contributed by atoms with E-state index in [1.165, 1.54) is 5.56 Å². The first-order chi connectivity index (χ1) is 20.3. The summed E-state index contributed by atoms with van der Waals surface area (Å²) in [6, 6.07) is 10.9. The number of piperidine rings is 1. The number of aliphatic imine (C=N–C) groups is 1. The van der Waals surface area contributed by atoms with E-state index in [2.05, 4.69) is 55.8 Å². The molecule has 2 N–H and O–H groups in total. The third-order valence-electron chi connectivity index (χ3n) is 7.00. The zero-order chi connectivity index (χ0) is 31.9. The lowest BCUT2D eigenvalue weighted by Gasteiger charge is -2.38. The van der Waals surface area contributed by atoms with Crippen molar-refractivity contribution >= 4 is 24.1 Å². The quantitative estimate of drug-likeness (QED) is 0.175. The van der Waals surface area contributed by atoms with Crippen LogP contribution in [0.3, 0.4) is 0 Å². The lowest BCUT2D eigenvalue weighted by molar-refractivity contribution is -0.134. The number of carbonyl (C=O) groups excluding carboxylic acids is 3. The van der Waals surface area contributed by atoms with Gasteiger partial charge in [-0.15, -0.1) is 0 Å². The van der Waals surface area contributed by atoms with E-state index in [1.54, 1.807) is 41.5 Å². The summed E-state index contributed by atoms with van der Waals surface area (Å²) < 4.78 is 10.6. The Morgan fingerprint density at radius 1 is 0.884 bits per heavy atom. The van der Waals surface area contributed by atoms with Crippen molar-refractivity contribution in [3.63, 3.8) is 0 Å². The van der Waals surface area contributed by atoms with Crippen molar-refractivity contribution in [3.8, 4) is 0 Å². The summed E-state index contributed by atoms with van der Waals surface area (Å²) in [5.41, 5.74) is -0.00550. The molecule has 1 aliphatic heterocycles. The van der Waals surface area contributed by atoms with Gasteiger partial charge in [-0.05, 0) is 79.2 Å². The molecule has 0 unspecified atom stereocenters. The zero-order valence-electron chi connectivity index (χ0n) is 27.5. The SMILES string of the molecule is CCC(=O)N(CCCCCCN=C(NC(=O)OC(C)(C)C)NC(=O)OC(C)(C)C)C1CCN(CCc2ccccc2)CC1. The number of ether oxygens (including phenoxy) is 2. The van der Waals surface area contributed by atoms with Crippen molar-refractivity contribution in [2.75, 3.05) is 32.7 Å². The average molecular weight is 602 g/mol. The van der Waals surface area contributed by atoms with Crippen molar-refractivity contribution < 1.29 is 23.9 Å². The van der Waals surface area contributed by atoms with E-state index in [0.29, 0.717) is 19.0 Å². The van der Waals surface area contributed by atoms with Crippen LogP contribution in [0.4, 0.5) is 9.59 Å². The van der Waals surface area contributed by atoms with E-state index >= 15 is 0 Å². The fourth-order valence-corrected chi connectivity index (χ4v) is 4.95. The van der Waals surface area contributed by atoms with Crippen LogP contribution in [-0.2, 0) is 20.7 Å². The number of amides is 3. The molecule has 1 fully saturated rings. The molecule has 10 heteroatoms. The number of carbonyl (C=O) groups is 3. The number of unbranched alkanes of at least 4 members (excludes halogenated alkanes) is 3. The van der Waals surface area contributed by atoms with Gasteiger partial charge in [-0.2, -0.15) is 0 Å². The summed E-state index contributed by atoms with van der Waals surface area (Å²) in [5.74, 6) is 0.233. The van der Waals surface area contributed by atoms with Crippen molar-refractivity contribution in [1.82, 2.24) is 20.4 Å². The molecular weight excluding hydrogens is 546 g/mol. The van der Waals surface area contributed by atoms with E-state index in [0.717, 1.165) is 71.1 Å². The van der Waals surface area contributed by atoms with E-state index in [4.69, 9.17) is 9.47 Å². The molecule has 43 heavy (non-hydrogen) atoms. The van der Waals surface area contributed by atoms with Crippen molar-refractivity contribution in [2.24, 2.45) is 4.99 Å². The van der Waals surface area contributed by atoms with E-state index in [9.17, 15) is 14.4 Å². The summed E-state index contributed by atoms with van der Waals surface area (Å²) in [4.78, 5) is 46.3. The molecule has 0 spiro atoms. The normalized spacial score (nSPS) is 14.5. The van der Waals surface area contributed by atoms with Gasteiger partial charge in [0.1, 0.15) is 11.2 Å². The van der Waals surface area contributed by atoms with Crippen LogP contribution in [0.5, 0.6) is 0 Å². The molecule has 0 aromatic heterocycles. The lowest BCUT2D eigenvalue weighted by Crippen LogP contribution is -2.48. The van der Waals surface area contributed by atoms with Gasteiger partial charge >= 0.3 is 12.2 Å². The van der Waals surface area contributed by atoms with Gasteiger partial charge in [0.2, 0.25) is 11.9 Å². The van der Waals surface area contributed by atoms with Gasteiger partial charge in [-0.3, -0.25) is 20.4 Å². The first-order valence-corrected chi connectivity index (χ1v) is 15.9. The Bertz CT molecular complexity index is 992. The highest BCUT2D eigenvalue weighted by Gasteiger charge is 2.27. The Balaban J connectivity index is 1.78. The maximum absolute atomic E-state index is 12.8. The molecule has 242 valence electrons. The van der Waals surface area contributed by atoms with Crippen molar-refractivity contribution in [3.05, 3.63) is 35.9 Å². The predicted octanol–water partition coefficient (Wildman–Crippen LogP) is 5.90. The highest BCUT2D eigenvalue weighted by molar-refractivity contribution is 6.01. The molecule has 0 atom stereocenters. The minimum atomic E-state index is -0.704. The lowest BCUT2D eigenvalue weighted by atomic mass is 10.0. The summed E-state index contributed by atoms with van der Waals surface area (Å²) in [7, 11) is 0. The maximum atomic E-state index is 12.8. The van der Waals surface area contributed by atoms with E-state index in [-0.39, 0.29) is 11.9 Å². The Kier molecular flexibility index (Phi) is 15.0. The van der Waals surface area contributed by atoms with Gasteiger partial charge in [0, 0.05) is 45.2 Å². The van der Waals surface area contributed by atoms with Gasteiger partial charge in [0.15, 0.2) is 0 Å². The van der Waals surface area contributed by atoms with Crippen LogP contribution < -0.4 is 10.6 Å². The maximum Gasteiger partial charge on any atom is 0.414 e. The van der Waals surface area contributed by atoms with Gasteiger partial charge < -0.3 is 19.3 Å². The monoisotopic (exact) mass is 601 g/mol. The summed E-state index contributed by atoms with van der Waals surface area (Å²) in [6.07, 6.45) is 5.81. The predicted molar refractivity (Wildman–Crippen MR) is 171 cm³/mol. The minimum Gasteiger partial charge on any atom is -0.444 e. The Labute approximate surface area is 259 Å². The third-order valence-corrected chi connectivity index (χ3v) is 7.00. The summed E-state index contributed by atoms with van der Waals surface area (Å²) in [5, 5.41) is 5.02. The minimum absolute atomic E-state index is 0.00155. The molecule has 1 heterocycles. The Hall–Kier alpha value is -3.14. The zero-order valence-corrected chi connectivity index (χ0v) is 27.5. The van der Waals surface area contributed by atoms with Gasteiger partial charge in [0.25, 0.3) is 0 Å². The van der Waals surface area contributed by atoms with Gasteiger partial charge in [-0.1, -0.05) is 50.1 Å². The molecule has 0 radical (unpaired) electrons. The number of alkyl carbamates (subject to hydrolysis) is 2. The molecule has 1 aliphatic rings. The topological polar surface area (TPSA) is 113 Å². The third kappa shape index (κ3) is 15.8.